The highest BCUT2D eigenvalue weighted by Gasteiger charge is 2.15. The lowest BCUT2D eigenvalue weighted by atomic mass is 10.2. The Labute approximate surface area is 107 Å². The molecule has 0 aliphatic carbocycles. The monoisotopic (exact) mass is 255 g/mol. The Morgan fingerprint density at radius 1 is 1.50 bits per heavy atom. The minimum Gasteiger partial charge on any atom is -0.468 e. The van der Waals surface area contributed by atoms with Crippen molar-refractivity contribution in [2.45, 2.75) is 39.7 Å². The van der Waals surface area contributed by atoms with Crippen LogP contribution in [0.1, 0.15) is 44.8 Å². The Morgan fingerprint density at radius 2 is 2.22 bits per heavy atom. The second-order valence-corrected chi connectivity index (χ2v) is 4.49. The van der Waals surface area contributed by atoms with Gasteiger partial charge in [-0.3, -0.25) is 9.69 Å². The van der Waals surface area contributed by atoms with E-state index in [-0.39, 0.29) is 18.4 Å². The van der Waals surface area contributed by atoms with E-state index in [1.165, 1.54) is 7.11 Å². The quantitative estimate of drug-likeness (QED) is 0.689. The van der Waals surface area contributed by atoms with Crippen molar-refractivity contribution >= 4 is 5.97 Å². The maximum atomic E-state index is 11.3. The molecule has 0 radical (unpaired) electrons. The number of ether oxygens (including phenoxy) is 1. The van der Waals surface area contributed by atoms with Crippen molar-refractivity contribution in [2.75, 3.05) is 20.2 Å². The van der Waals surface area contributed by atoms with Crippen LogP contribution < -0.4 is 0 Å². The van der Waals surface area contributed by atoms with E-state index >= 15 is 0 Å². The first kappa shape index (κ1) is 14.6. The molecule has 0 aliphatic heterocycles. The summed E-state index contributed by atoms with van der Waals surface area (Å²) in [5.41, 5.74) is 0. The number of nitrogens with zero attached hydrogens (tertiary/aromatic N) is 3. The summed E-state index contributed by atoms with van der Waals surface area (Å²) >= 11 is 0. The van der Waals surface area contributed by atoms with E-state index < -0.39 is 0 Å². The average Bonchev–Trinajstić information content (AvgIpc) is 2.77. The first-order valence-electron chi connectivity index (χ1n) is 6.18. The summed E-state index contributed by atoms with van der Waals surface area (Å²) in [4.78, 5) is 17.5. The number of methoxy groups -OCH3 is 1. The maximum Gasteiger partial charge on any atom is 0.319 e. The molecule has 0 N–H and O–H groups in total. The summed E-state index contributed by atoms with van der Waals surface area (Å²) in [5.74, 6) is 1.21. The van der Waals surface area contributed by atoms with Gasteiger partial charge in [-0.25, -0.2) is 0 Å². The fraction of sp³-hybridized carbons (Fsp3) is 0.750. The van der Waals surface area contributed by atoms with Crippen LogP contribution in [0.3, 0.4) is 0 Å². The van der Waals surface area contributed by atoms with Crippen molar-refractivity contribution in [1.29, 1.82) is 0 Å². The summed E-state index contributed by atoms with van der Waals surface area (Å²) in [6.07, 6.45) is 0.947. The Kier molecular flexibility index (Phi) is 5.77. The topological polar surface area (TPSA) is 68.5 Å². The van der Waals surface area contributed by atoms with Crippen molar-refractivity contribution in [3.05, 3.63) is 11.7 Å². The van der Waals surface area contributed by atoms with Crippen LogP contribution in [0.5, 0.6) is 0 Å². The minimum atomic E-state index is -0.257. The van der Waals surface area contributed by atoms with Crippen LogP contribution >= 0.6 is 0 Å². The van der Waals surface area contributed by atoms with Gasteiger partial charge in [0.1, 0.15) is 0 Å². The van der Waals surface area contributed by atoms with Gasteiger partial charge >= 0.3 is 5.97 Å². The molecule has 1 aromatic heterocycles. The molecule has 0 saturated carbocycles. The number of hydrogen-bond donors (Lipinski definition) is 0. The predicted octanol–water partition coefficient (Wildman–Crippen LogP) is 1.58. The Balaban J connectivity index is 2.61. The molecular formula is C12H21N3O3. The van der Waals surface area contributed by atoms with Gasteiger partial charge in [-0.2, -0.15) is 4.98 Å². The largest absolute Gasteiger partial charge is 0.468 e. The third-order valence-electron chi connectivity index (χ3n) is 2.48. The van der Waals surface area contributed by atoms with E-state index in [1.54, 1.807) is 0 Å². The van der Waals surface area contributed by atoms with Crippen molar-refractivity contribution < 1.29 is 14.1 Å². The van der Waals surface area contributed by atoms with Gasteiger partial charge in [0.05, 0.1) is 20.2 Å². The van der Waals surface area contributed by atoms with Gasteiger partial charge in [0, 0.05) is 5.92 Å². The molecular weight excluding hydrogens is 234 g/mol. The van der Waals surface area contributed by atoms with Crippen molar-refractivity contribution in [1.82, 2.24) is 15.0 Å². The fourth-order valence-corrected chi connectivity index (χ4v) is 1.54. The first-order chi connectivity index (χ1) is 8.56. The molecule has 0 unspecified atom stereocenters. The van der Waals surface area contributed by atoms with Gasteiger partial charge in [0.2, 0.25) is 5.89 Å². The predicted molar refractivity (Wildman–Crippen MR) is 66.0 cm³/mol. The van der Waals surface area contributed by atoms with E-state index in [4.69, 9.17) is 4.52 Å². The highest BCUT2D eigenvalue weighted by atomic mass is 16.5. The third-order valence-corrected chi connectivity index (χ3v) is 2.48. The number of carbonyl (C=O) groups excluding carboxylic acids is 1. The molecule has 0 bridgehead atoms. The van der Waals surface area contributed by atoms with Crippen LogP contribution in [0.25, 0.3) is 0 Å². The first-order valence-corrected chi connectivity index (χ1v) is 6.18. The fourth-order valence-electron chi connectivity index (χ4n) is 1.54. The van der Waals surface area contributed by atoms with E-state index in [9.17, 15) is 4.79 Å². The third kappa shape index (κ3) is 4.44. The summed E-state index contributed by atoms with van der Waals surface area (Å²) in [6, 6.07) is 0. The molecule has 0 spiro atoms. The molecule has 0 aromatic carbocycles. The zero-order chi connectivity index (χ0) is 13.5. The molecule has 1 rings (SSSR count). The second kappa shape index (κ2) is 7.10. The molecule has 0 saturated heterocycles. The van der Waals surface area contributed by atoms with E-state index in [1.807, 2.05) is 18.7 Å². The van der Waals surface area contributed by atoms with Crippen LogP contribution in [0.2, 0.25) is 0 Å². The van der Waals surface area contributed by atoms with Crippen molar-refractivity contribution in [3.8, 4) is 0 Å². The van der Waals surface area contributed by atoms with Gasteiger partial charge in [-0.15, -0.1) is 0 Å². The molecule has 102 valence electrons. The van der Waals surface area contributed by atoms with E-state index in [2.05, 4.69) is 21.8 Å². The van der Waals surface area contributed by atoms with Gasteiger partial charge in [-0.05, 0) is 13.0 Å². The molecule has 6 nitrogen and oxygen atoms in total. The van der Waals surface area contributed by atoms with Crippen LogP contribution in [0, 0.1) is 0 Å². The number of rotatable bonds is 7. The van der Waals surface area contributed by atoms with Gasteiger partial charge in [0.15, 0.2) is 5.82 Å². The number of hydrogen-bond acceptors (Lipinski definition) is 6. The number of carbonyl (C=O) groups is 1. The highest BCUT2D eigenvalue weighted by molar-refractivity contribution is 5.71. The molecule has 0 amide bonds. The average molecular weight is 255 g/mol. The zero-order valence-corrected chi connectivity index (χ0v) is 11.5. The van der Waals surface area contributed by atoms with Crippen molar-refractivity contribution in [2.24, 2.45) is 0 Å². The normalized spacial score (nSPS) is 11.2. The van der Waals surface area contributed by atoms with Gasteiger partial charge < -0.3 is 9.26 Å². The molecule has 1 aromatic rings. The van der Waals surface area contributed by atoms with Crippen LogP contribution in [0.4, 0.5) is 0 Å². The summed E-state index contributed by atoms with van der Waals surface area (Å²) in [5, 5.41) is 3.90. The molecule has 1 heterocycles. The lowest BCUT2D eigenvalue weighted by molar-refractivity contribution is -0.142. The number of esters is 1. The maximum absolute atomic E-state index is 11.3. The van der Waals surface area contributed by atoms with E-state index in [0.29, 0.717) is 18.3 Å². The van der Waals surface area contributed by atoms with Crippen molar-refractivity contribution in [3.63, 3.8) is 0 Å². The van der Waals surface area contributed by atoms with Gasteiger partial charge in [0.25, 0.3) is 0 Å². The van der Waals surface area contributed by atoms with Crippen LogP contribution in [-0.4, -0.2) is 41.2 Å². The zero-order valence-electron chi connectivity index (χ0n) is 11.5. The summed E-state index contributed by atoms with van der Waals surface area (Å²) in [7, 11) is 1.38. The Hall–Kier alpha value is -1.43. The Bertz CT molecular complexity index is 376. The van der Waals surface area contributed by atoms with E-state index in [0.717, 1.165) is 13.0 Å². The lowest BCUT2D eigenvalue weighted by Crippen LogP contribution is -2.31. The molecule has 0 fully saturated rings. The molecule has 0 aliphatic rings. The number of aromatic nitrogens is 2. The minimum absolute atomic E-state index is 0.239. The molecule has 0 atom stereocenters. The summed E-state index contributed by atoms with van der Waals surface area (Å²) in [6.45, 7) is 7.57. The van der Waals surface area contributed by atoms with Gasteiger partial charge in [-0.1, -0.05) is 25.9 Å². The van der Waals surface area contributed by atoms with Crippen LogP contribution in [-0.2, 0) is 16.1 Å². The standard InChI is InChI=1S/C12H21N3O3/c1-5-6-15(8-11(16)17-4)7-10-13-12(9(2)3)14-18-10/h9H,5-8H2,1-4H3. The lowest BCUT2D eigenvalue weighted by Gasteiger charge is -2.17. The highest BCUT2D eigenvalue weighted by Crippen LogP contribution is 2.11. The SMILES string of the molecule is CCCN(CC(=O)OC)Cc1nc(C(C)C)no1. The Morgan fingerprint density at radius 3 is 2.72 bits per heavy atom. The summed E-state index contributed by atoms with van der Waals surface area (Å²) < 4.78 is 9.82. The molecule has 18 heavy (non-hydrogen) atoms. The molecule has 6 heteroatoms. The van der Waals surface area contributed by atoms with Crippen LogP contribution in [0.15, 0.2) is 4.52 Å². The second-order valence-electron chi connectivity index (χ2n) is 4.49. The smallest absolute Gasteiger partial charge is 0.319 e.